The topological polar surface area (TPSA) is 116 Å². The van der Waals surface area contributed by atoms with Crippen molar-refractivity contribution in [1.82, 2.24) is 0 Å². The van der Waals surface area contributed by atoms with Gasteiger partial charge in [0.25, 0.3) is 0 Å². The van der Waals surface area contributed by atoms with Gasteiger partial charge in [0.2, 0.25) is 10.0 Å². The summed E-state index contributed by atoms with van der Waals surface area (Å²) in [5.41, 5.74) is 6.27. The lowest BCUT2D eigenvalue weighted by Crippen LogP contribution is -2.28. The molecular formula is C11H16N2O5S2. The van der Waals surface area contributed by atoms with Crippen LogP contribution in [0.1, 0.15) is 6.42 Å². The van der Waals surface area contributed by atoms with Crippen LogP contribution >= 0.6 is 0 Å². The van der Waals surface area contributed by atoms with Crippen molar-refractivity contribution < 1.29 is 21.6 Å². The van der Waals surface area contributed by atoms with Gasteiger partial charge in [-0.2, -0.15) is 0 Å². The van der Waals surface area contributed by atoms with E-state index in [1.165, 1.54) is 19.2 Å². The zero-order valence-corrected chi connectivity index (χ0v) is 12.5. The molecule has 9 heteroatoms. The van der Waals surface area contributed by atoms with Gasteiger partial charge >= 0.3 is 0 Å². The third-order valence-corrected chi connectivity index (χ3v) is 6.90. The quantitative estimate of drug-likeness (QED) is 0.766. The number of benzene rings is 1. The van der Waals surface area contributed by atoms with Crippen LogP contribution in [0.4, 0.5) is 11.4 Å². The Bertz CT molecular complexity index is 712. The molecule has 1 aliphatic rings. The van der Waals surface area contributed by atoms with Gasteiger partial charge in [-0.3, -0.25) is 4.72 Å². The van der Waals surface area contributed by atoms with Crippen LogP contribution in [0.25, 0.3) is 0 Å². The van der Waals surface area contributed by atoms with Crippen LogP contribution in [0.3, 0.4) is 0 Å². The molecule has 1 aliphatic heterocycles. The maximum absolute atomic E-state index is 12.1. The maximum Gasteiger partial charge on any atom is 0.236 e. The summed E-state index contributed by atoms with van der Waals surface area (Å²) in [6, 6.07) is 4.48. The van der Waals surface area contributed by atoms with Crippen LogP contribution in [-0.4, -0.2) is 40.7 Å². The number of hydrogen-bond donors (Lipinski definition) is 2. The van der Waals surface area contributed by atoms with Crippen molar-refractivity contribution in [3.8, 4) is 5.75 Å². The fourth-order valence-electron chi connectivity index (χ4n) is 2.05. The van der Waals surface area contributed by atoms with Crippen molar-refractivity contribution in [1.29, 1.82) is 0 Å². The number of sulfonamides is 1. The number of ether oxygens (including phenoxy) is 1. The average molecular weight is 320 g/mol. The van der Waals surface area contributed by atoms with E-state index in [-0.39, 0.29) is 23.6 Å². The second-order valence-corrected chi connectivity index (χ2v) is 8.82. The monoisotopic (exact) mass is 320 g/mol. The maximum atomic E-state index is 12.1. The Balaban J connectivity index is 2.19. The molecule has 0 amide bonds. The Morgan fingerprint density at radius 2 is 2.10 bits per heavy atom. The van der Waals surface area contributed by atoms with Crippen molar-refractivity contribution in [2.75, 3.05) is 29.1 Å². The fraction of sp³-hybridized carbons (Fsp3) is 0.455. The summed E-state index contributed by atoms with van der Waals surface area (Å²) in [6.07, 6.45) is 0.114. The molecule has 0 saturated carbocycles. The highest BCUT2D eigenvalue weighted by Gasteiger charge is 2.37. The first kappa shape index (κ1) is 14.9. The van der Waals surface area contributed by atoms with Crippen LogP contribution in [0, 0.1) is 0 Å². The minimum atomic E-state index is -3.75. The van der Waals surface area contributed by atoms with Crippen molar-refractivity contribution in [2.24, 2.45) is 0 Å². The molecule has 0 aliphatic carbocycles. The average Bonchev–Trinajstić information content (AvgIpc) is 2.70. The van der Waals surface area contributed by atoms with Crippen molar-refractivity contribution in [2.45, 2.75) is 11.7 Å². The van der Waals surface area contributed by atoms with Crippen molar-refractivity contribution in [3.63, 3.8) is 0 Å². The lowest BCUT2D eigenvalue weighted by Gasteiger charge is -2.13. The Morgan fingerprint density at radius 3 is 2.60 bits per heavy atom. The molecule has 0 spiro atoms. The first-order chi connectivity index (χ1) is 9.23. The number of methoxy groups -OCH3 is 1. The summed E-state index contributed by atoms with van der Waals surface area (Å²) in [5, 5.41) is -0.921. The van der Waals surface area contributed by atoms with E-state index in [4.69, 9.17) is 10.5 Å². The van der Waals surface area contributed by atoms with Gasteiger partial charge in [-0.05, 0) is 24.6 Å². The molecule has 2 rings (SSSR count). The second kappa shape index (κ2) is 5.13. The van der Waals surface area contributed by atoms with E-state index < -0.39 is 25.1 Å². The lowest BCUT2D eigenvalue weighted by atomic mass is 10.2. The third-order valence-electron chi connectivity index (χ3n) is 3.12. The number of nitrogens with two attached hydrogens (primary N) is 1. The molecule has 1 saturated heterocycles. The minimum Gasteiger partial charge on any atom is -0.495 e. The number of anilines is 2. The zero-order chi connectivity index (χ0) is 15.0. The third kappa shape index (κ3) is 3.15. The van der Waals surface area contributed by atoms with Crippen LogP contribution in [0.15, 0.2) is 18.2 Å². The van der Waals surface area contributed by atoms with E-state index in [9.17, 15) is 16.8 Å². The van der Waals surface area contributed by atoms with Gasteiger partial charge in [0.05, 0.1) is 35.2 Å². The largest absolute Gasteiger partial charge is 0.495 e. The molecule has 20 heavy (non-hydrogen) atoms. The molecule has 1 heterocycles. The lowest BCUT2D eigenvalue weighted by molar-refractivity contribution is 0.417. The molecule has 1 aromatic carbocycles. The highest BCUT2D eigenvalue weighted by atomic mass is 32.2. The Labute approximate surface area is 118 Å². The molecule has 0 radical (unpaired) electrons. The molecule has 0 aromatic heterocycles. The fourth-order valence-corrected chi connectivity index (χ4v) is 6.13. The van der Waals surface area contributed by atoms with Crippen LogP contribution < -0.4 is 15.2 Å². The van der Waals surface area contributed by atoms with Crippen LogP contribution in [0.5, 0.6) is 5.75 Å². The SMILES string of the molecule is COc1ccc(NS(=O)(=O)C2CCS(=O)(=O)C2)cc1N. The summed E-state index contributed by atoms with van der Waals surface area (Å²) in [5.74, 6) is 0.00787. The number of hydrogen-bond acceptors (Lipinski definition) is 6. The Kier molecular flexibility index (Phi) is 3.83. The van der Waals surface area contributed by atoms with Gasteiger partial charge in [0.1, 0.15) is 5.75 Å². The molecule has 1 unspecified atom stereocenters. The summed E-state index contributed by atoms with van der Waals surface area (Å²) in [6.45, 7) is 0. The zero-order valence-electron chi connectivity index (χ0n) is 10.9. The normalized spacial score (nSPS) is 21.6. The summed E-state index contributed by atoms with van der Waals surface area (Å²) < 4.78 is 54.3. The van der Waals surface area contributed by atoms with Gasteiger partial charge in [0.15, 0.2) is 9.84 Å². The second-order valence-electron chi connectivity index (χ2n) is 4.63. The molecule has 1 fully saturated rings. The van der Waals surface area contributed by atoms with Crippen molar-refractivity contribution >= 4 is 31.2 Å². The molecule has 7 nitrogen and oxygen atoms in total. The Hall–Kier alpha value is -1.48. The van der Waals surface area contributed by atoms with Crippen LogP contribution in [-0.2, 0) is 19.9 Å². The van der Waals surface area contributed by atoms with Gasteiger partial charge in [-0.15, -0.1) is 0 Å². The van der Waals surface area contributed by atoms with Gasteiger partial charge in [-0.25, -0.2) is 16.8 Å². The number of nitrogen functional groups attached to an aromatic ring is 1. The molecule has 1 atom stereocenters. The molecular weight excluding hydrogens is 304 g/mol. The smallest absolute Gasteiger partial charge is 0.236 e. The predicted octanol–water partition coefficient (Wildman–Crippen LogP) is 0.206. The van der Waals surface area contributed by atoms with E-state index in [1.807, 2.05) is 0 Å². The predicted molar refractivity (Wildman–Crippen MR) is 77.0 cm³/mol. The molecule has 1 aromatic rings. The summed E-state index contributed by atoms with van der Waals surface area (Å²) >= 11 is 0. The van der Waals surface area contributed by atoms with Gasteiger partial charge < -0.3 is 10.5 Å². The first-order valence-corrected chi connectivity index (χ1v) is 9.26. The minimum absolute atomic E-state index is 0.0939. The van der Waals surface area contributed by atoms with Gasteiger partial charge in [-0.1, -0.05) is 0 Å². The Morgan fingerprint density at radius 1 is 1.40 bits per heavy atom. The summed E-state index contributed by atoms with van der Waals surface area (Å²) in [7, 11) is -5.54. The van der Waals surface area contributed by atoms with E-state index >= 15 is 0 Å². The standard InChI is InChI=1S/C11H16N2O5S2/c1-18-11-3-2-8(6-10(11)12)13-20(16,17)9-4-5-19(14,15)7-9/h2-3,6,9,13H,4-5,7,12H2,1H3. The van der Waals surface area contributed by atoms with E-state index in [0.29, 0.717) is 11.4 Å². The number of sulfone groups is 1. The first-order valence-electron chi connectivity index (χ1n) is 5.89. The van der Waals surface area contributed by atoms with Crippen LogP contribution in [0.2, 0.25) is 0 Å². The summed E-state index contributed by atoms with van der Waals surface area (Å²) in [4.78, 5) is 0. The highest BCUT2D eigenvalue weighted by Crippen LogP contribution is 2.27. The molecule has 3 N–H and O–H groups in total. The van der Waals surface area contributed by atoms with Crippen molar-refractivity contribution in [3.05, 3.63) is 18.2 Å². The molecule has 112 valence electrons. The van der Waals surface area contributed by atoms with Gasteiger partial charge in [0, 0.05) is 0 Å². The number of nitrogens with one attached hydrogen (secondary N) is 1. The van der Waals surface area contributed by atoms with E-state index in [2.05, 4.69) is 4.72 Å². The van der Waals surface area contributed by atoms with E-state index in [1.54, 1.807) is 6.07 Å². The molecule has 0 bridgehead atoms. The number of rotatable bonds is 4. The van der Waals surface area contributed by atoms with E-state index in [0.717, 1.165) is 0 Å². The highest BCUT2D eigenvalue weighted by molar-refractivity contribution is 7.97.